The summed E-state index contributed by atoms with van der Waals surface area (Å²) in [6, 6.07) is 0.393. The number of aromatic nitrogens is 3. The molecule has 158 valence electrons. The van der Waals surface area contributed by atoms with Gasteiger partial charge < -0.3 is 26.4 Å². The molecule has 4 heterocycles. The highest BCUT2D eigenvalue weighted by Crippen LogP contribution is 2.34. The summed E-state index contributed by atoms with van der Waals surface area (Å²) in [5.41, 5.74) is 12.8. The largest absolute Gasteiger partial charge is 0.397 e. The molecule has 2 aromatic rings. The quantitative estimate of drug-likeness (QED) is 0.291. The van der Waals surface area contributed by atoms with E-state index in [1.165, 1.54) is 10.8 Å². The molecule has 0 radical (unpaired) electrons. The molecule has 2 aliphatic heterocycles. The van der Waals surface area contributed by atoms with Crippen molar-refractivity contribution in [1.82, 2.24) is 19.3 Å². The number of hydrogen-bond donors (Lipinski definition) is 5. The summed E-state index contributed by atoms with van der Waals surface area (Å²) in [5, 5.41) is 20.8. The van der Waals surface area contributed by atoms with E-state index in [1.807, 2.05) is 0 Å². The van der Waals surface area contributed by atoms with Crippen LogP contribution in [-0.4, -0.2) is 70.0 Å². The zero-order valence-electron chi connectivity index (χ0n) is 15.0. The minimum atomic E-state index is -4.47. The number of carbonyl (C=O) groups excluding carboxylic acids is 1. The smallest absolute Gasteiger partial charge is 0.362 e. The summed E-state index contributed by atoms with van der Waals surface area (Å²) in [6.07, 6.45) is -3.59. The fourth-order valence-corrected chi connectivity index (χ4v) is 4.15. The number of carbonyl (C=O) groups is 1. The van der Waals surface area contributed by atoms with Crippen molar-refractivity contribution in [1.29, 1.82) is 0 Å². The van der Waals surface area contributed by atoms with Crippen molar-refractivity contribution in [3.8, 4) is 0 Å². The maximum Gasteiger partial charge on any atom is 0.362 e. The van der Waals surface area contributed by atoms with Gasteiger partial charge in [0.05, 0.1) is 18.3 Å². The van der Waals surface area contributed by atoms with Gasteiger partial charge in [-0.25, -0.2) is 14.7 Å². The Morgan fingerprint density at radius 2 is 2.07 bits per heavy atom. The SMILES string of the molecule is Nc1ccnc2c1nc1n2[C@@H]2O[C@H](COS(=O)(=O)NC(=O)[C@@H](N)CC1)[C@@H](O)[C@H]2O. The van der Waals surface area contributed by atoms with E-state index in [1.54, 1.807) is 10.8 Å². The molecule has 0 saturated carbocycles. The lowest BCUT2D eigenvalue weighted by Gasteiger charge is -2.19. The second-order valence-corrected chi connectivity index (χ2v) is 8.21. The Labute approximate surface area is 164 Å². The number of nitrogens with one attached hydrogen (secondary N) is 1. The molecule has 2 bridgehead atoms. The van der Waals surface area contributed by atoms with Gasteiger partial charge in [0.1, 0.15) is 29.7 Å². The first-order chi connectivity index (χ1) is 13.7. The molecule has 29 heavy (non-hydrogen) atoms. The Balaban J connectivity index is 1.82. The van der Waals surface area contributed by atoms with Crippen molar-refractivity contribution in [2.45, 2.75) is 43.4 Å². The van der Waals surface area contributed by atoms with Gasteiger partial charge in [0.2, 0.25) is 0 Å². The van der Waals surface area contributed by atoms with Gasteiger partial charge in [0, 0.05) is 12.6 Å². The molecule has 1 amide bonds. The number of ether oxygens (including phenoxy) is 1. The highest BCUT2D eigenvalue weighted by atomic mass is 32.2. The number of aliphatic hydroxyl groups excluding tert-OH is 2. The second-order valence-electron chi connectivity index (χ2n) is 6.87. The number of fused-ring (bicyclic) bond motifs is 6. The van der Waals surface area contributed by atoms with Gasteiger partial charge in [-0.1, -0.05) is 0 Å². The van der Waals surface area contributed by atoms with Crippen LogP contribution in [0.25, 0.3) is 11.2 Å². The van der Waals surface area contributed by atoms with Crippen molar-refractivity contribution in [3.05, 3.63) is 18.1 Å². The van der Waals surface area contributed by atoms with E-state index in [-0.39, 0.29) is 12.8 Å². The summed E-state index contributed by atoms with van der Waals surface area (Å²) in [5.74, 6) is -0.593. The number of hydrogen-bond acceptors (Lipinski definition) is 11. The first-order valence-electron chi connectivity index (χ1n) is 8.77. The molecular weight excluding hydrogens is 408 g/mol. The number of rotatable bonds is 0. The number of nitrogens with zero attached hydrogens (tertiary/aromatic N) is 3. The number of anilines is 1. The van der Waals surface area contributed by atoms with Crippen LogP contribution in [0.15, 0.2) is 12.3 Å². The topological polar surface area (TPSA) is 205 Å². The summed E-state index contributed by atoms with van der Waals surface area (Å²) < 4.78 is 37.4. The molecule has 5 atom stereocenters. The van der Waals surface area contributed by atoms with E-state index in [2.05, 4.69) is 9.97 Å². The number of nitrogen functional groups attached to an aromatic ring is 1. The molecule has 13 nitrogen and oxygen atoms in total. The first kappa shape index (κ1) is 19.9. The Kier molecular flexibility index (Phi) is 4.92. The average molecular weight is 428 g/mol. The summed E-state index contributed by atoms with van der Waals surface area (Å²) in [4.78, 5) is 20.8. The second kappa shape index (κ2) is 7.16. The molecule has 4 rings (SSSR count). The average Bonchev–Trinajstić information content (AvgIpc) is 3.16. The van der Waals surface area contributed by atoms with E-state index >= 15 is 0 Å². The van der Waals surface area contributed by atoms with Gasteiger partial charge in [0.25, 0.3) is 5.91 Å². The van der Waals surface area contributed by atoms with E-state index in [0.717, 1.165) is 0 Å². The molecule has 7 N–H and O–H groups in total. The normalized spacial score (nSPS) is 32.7. The van der Waals surface area contributed by atoms with Crippen molar-refractivity contribution >= 4 is 33.1 Å². The van der Waals surface area contributed by atoms with Gasteiger partial charge in [-0.3, -0.25) is 13.5 Å². The van der Waals surface area contributed by atoms with Crippen LogP contribution in [0.2, 0.25) is 0 Å². The lowest BCUT2D eigenvalue weighted by Crippen LogP contribution is -2.45. The molecule has 0 aromatic carbocycles. The fourth-order valence-electron chi connectivity index (χ4n) is 3.38. The van der Waals surface area contributed by atoms with Gasteiger partial charge in [-0.05, 0) is 12.5 Å². The van der Waals surface area contributed by atoms with E-state index in [4.69, 9.17) is 20.4 Å². The van der Waals surface area contributed by atoms with Gasteiger partial charge in [-0.15, -0.1) is 0 Å². The highest BCUT2D eigenvalue weighted by molar-refractivity contribution is 7.85. The van der Waals surface area contributed by atoms with Crippen molar-refractivity contribution in [2.24, 2.45) is 5.73 Å². The molecular formula is C15H20N6O7S. The van der Waals surface area contributed by atoms with E-state index in [9.17, 15) is 23.4 Å². The summed E-state index contributed by atoms with van der Waals surface area (Å²) in [7, 11) is -4.47. The van der Waals surface area contributed by atoms with Gasteiger partial charge >= 0.3 is 10.3 Å². The highest BCUT2D eigenvalue weighted by Gasteiger charge is 2.46. The van der Waals surface area contributed by atoms with Crippen LogP contribution >= 0.6 is 0 Å². The third kappa shape index (κ3) is 3.54. The lowest BCUT2D eigenvalue weighted by atomic mass is 10.1. The van der Waals surface area contributed by atoms with Crippen LogP contribution in [0.3, 0.4) is 0 Å². The molecule has 1 fully saturated rings. The standard InChI is InChI=1S/C15H20N6O7S/c16-6-3-4-18-13-10(6)19-9-2-1-7(17)14(24)20-29(25,26)27-5-8-11(22)12(23)15(28-8)21(9)13/h3-4,7-8,11-12,15,22-23H,1-2,5,17H2,(H2,16,18)(H,20,24)/t7-,8+,11+,12+,15+/m0/s1. The number of pyridine rings is 1. The molecule has 2 aliphatic rings. The maximum absolute atomic E-state index is 12.1. The van der Waals surface area contributed by atoms with Crippen LogP contribution in [0.5, 0.6) is 0 Å². The number of imidazole rings is 1. The zero-order chi connectivity index (χ0) is 20.9. The predicted octanol–water partition coefficient (Wildman–Crippen LogP) is -2.72. The Bertz CT molecular complexity index is 1060. The molecule has 0 spiro atoms. The minimum absolute atomic E-state index is 0.0272. The Hall–Kier alpha value is -2.36. The minimum Gasteiger partial charge on any atom is -0.397 e. The third-order valence-corrected chi connectivity index (χ3v) is 5.80. The maximum atomic E-state index is 12.1. The van der Waals surface area contributed by atoms with Gasteiger partial charge in [-0.2, -0.15) is 8.42 Å². The molecule has 0 unspecified atom stereocenters. The van der Waals surface area contributed by atoms with Crippen LogP contribution in [0.1, 0.15) is 18.5 Å². The number of aryl methyl sites for hydroxylation is 1. The van der Waals surface area contributed by atoms with Gasteiger partial charge in [0.15, 0.2) is 11.9 Å². The fraction of sp³-hybridized carbons (Fsp3) is 0.533. The number of nitrogens with two attached hydrogens (primary N) is 2. The van der Waals surface area contributed by atoms with Crippen LogP contribution in [-0.2, 0) is 30.4 Å². The monoisotopic (exact) mass is 428 g/mol. The number of amides is 1. The first-order valence-corrected chi connectivity index (χ1v) is 10.2. The number of aliphatic hydroxyl groups is 2. The van der Waals surface area contributed by atoms with Crippen molar-refractivity contribution in [3.63, 3.8) is 0 Å². The van der Waals surface area contributed by atoms with Crippen molar-refractivity contribution < 1.29 is 32.3 Å². The predicted molar refractivity (Wildman–Crippen MR) is 97.2 cm³/mol. The van der Waals surface area contributed by atoms with Crippen LogP contribution < -0.4 is 16.2 Å². The molecule has 0 aliphatic carbocycles. The van der Waals surface area contributed by atoms with Crippen LogP contribution in [0.4, 0.5) is 5.69 Å². The van der Waals surface area contributed by atoms with Crippen molar-refractivity contribution in [2.75, 3.05) is 12.3 Å². The summed E-state index contributed by atoms with van der Waals surface area (Å²) in [6.45, 7) is -0.635. The van der Waals surface area contributed by atoms with E-state index in [0.29, 0.717) is 22.7 Å². The summed E-state index contributed by atoms with van der Waals surface area (Å²) >= 11 is 0. The lowest BCUT2D eigenvalue weighted by molar-refractivity contribution is -0.120. The zero-order valence-corrected chi connectivity index (χ0v) is 15.8. The Morgan fingerprint density at radius 1 is 1.31 bits per heavy atom. The third-order valence-electron chi connectivity index (χ3n) is 4.90. The molecule has 14 heteroatoms. The van der Waals surface area contributed by atoms with E-state index < -0.39 is 53.4 Å². The van der Waals surface area contributed by atoms with Crippen LogP contribution in [0, 0.1) is 0 Å². The Morgan fingerprint density at radius 3 is 2.83 bits per heavy atom. The molecule has 2 aromatic heterocycles. The molecule has 1 saturated heterocycles.